The molecule has 0 aliphatic rings. The fraction of sp³-hybridized carbons (Fsp3) is 0.250. The second-order valence-corrected chi connectivity index (χ2v) is 4.98. The Morgan fingerprint density at radius 1 is 1.00 bits per heavy atom. The summed E-state index contributed by atoms with van der Waals surface area (Å²) >= 11 is 0. The highest BCUT2D eigenvalue weighted by Gasteiger charge is 2.21. The Bertz CT molecular complexity index is 652. The predicted octanol–water partition coefficient (Wildman–Crippen LogP) is 2.37. The molecule has 0 fully saturated rings. The van der Waals surface area contributed by atoms with Crippen LogP contribution in [0.1, 0.15) is 18.5 Å². The van der Waals surface area contributed by atoms with Crippen molar-refractivity contribution in [2.24, 2.45) is 0 Å². The van der Waals surface area contributed by atoms with E-state index in [1.165, 1.54) is 4.90 Å². The fourth-order valence-corrected chi connectivity index (χ4v) is 2.36. The molecule has 1 atom stereocenters. The van der Waals surface area contributed by atoms with Crippen LogP contribution in [0.25, 0.3) is 10.8 Å². The van der Waals surface area contributed by atoms with Gasteiger partial charge in [-0.25, -0.2) is 0 Å². The molecular formula is C16H17NO4. The molecule has 110 valence electrons. The lowest BCUT2D eigenvalue weighted by Crippen LogP contribution is -2.36. The van der Waals surface area contributed by atoms with Gasteiger partial charge in [0, 0.05) is 6.04 Å². The van der Waals surface area contributed by atoms with Crippen LogP contribution in [-0.2, 0) is 9.59 Å². The van der Waals surface area contributed by atoms with Gasteiger partial charge in [-0.3, -0.25) is 14.5 Å². The van der Waals surface area contributed by atoms with Gasteiger partial charge in [-0.05, 0) is 29.3 Å². The molecule has 21 heavy (non-hydrogen) atoms. The first-order valence-electron chi connectivity index (χ1n) is 6.63. The molecule has 1 unspecified atom stereocenters. The maximum absolute atomic E-state index is 10.9. The highest BCUT2D eigenvalue weighted by molar-refractivity contribution is 5.83. The number of carboxylic acid groups (broad SMARTS) is 2. The number of benzene rings is 2. The molecule has 0 saturated heterocycles. The van der Waals surface area contributed by atoms with Crippen molar-refractivity contribution >= 4 is 22.7 Å². The first kappa shape index (κ1) is 15.0. The number of fused-ring (bicyclic) bond motifs is 1. The van der Waals surface area contributed by atoms with Gasteiger partial charge in [0.1, 0.15) is 0 Å². The molecule has 0 aliphatic heterocycles. The van der Waals surface area contributed by atoms with Crippen molar-refractivity contribution in [1.82, 2.24) is 4.90 Å². The molecule has 0 radical (unpaired) electrons. The van der Waals surface area contributed by atoms with Gasteiger partial charge in [0.25, 0.3) is 0 Å². The Hall–Kier alpha value is -2.40. The van der Waals surface area contributed by atoms with E-state index in [2.05, 4.69) is 0 Å². The van der Waals surface area contributed by atoms with Crippen LogP contribution < -0.4 is 0 Å². The van der Waals surface area contributed by atoms with Gasteiger partial charge in [0.05, 0.1) is 13.1 Å². The van der Waals surface area contributed by atoms with Crippen LogP contribution in [0.2, 0.25) is 0 Å². The van der Waals surface area contributed by atoms with Crippen molar-refractivity contribution < 1.29 is 19.8 Å². The molecule has 0 aliphatic carbocycles. The van der Waals surface area contributed by atoms with E-state index in [4.69, 9.17) is 10.2 Å². The molecule has 0 heterocycles. The number of hydrogen-bond acceptors (Lipinski definition) is 3. The molecule has 2 rings (SSSR count). The molecular weight excluding hydrogens is 270 g/mol. The predicted molar refractivity (Wildman–Crippen MR) is 79.2 cm³/mol. The highest BCUT2D eigenvalue weighted by atomic mass is 16.4. The average Bonchev–Trinajstić information content (AvgIpc) is 2.44. The molecule has 0 saturated carbocycles. The summed E-state index contributed by atoms with van der Waals surface area (Å²) in [6, 6.07) is 13.4. The number of carbonyl (C=O) groups is 2. The smallest absolute Gasteiger partial charge is 0.317 e. The Kier molecular flexibility index (Phi) is 4.55. The van der Waals surface area contributed by atoms with E-state index in [1.807, 2.05) is 49.4 Å². The maximum atomic E-state index is 10.9. The van der Waals surface area contributed by atoms with Crippen LogP contribution in [0.3, 0.4) is 0 Å². The van der Waals surface area contributed by atoms with Crippen molar-refractivity contribution in [3.63, 3.8) is 0 Å². The minimum atomic E-state index is -1.04. The normalized spacial score (nSPS) is 12.5. The lowest BCUT2D eigenvalue weighted by atomic mass is 10.0. The van der Waals surface area contributed by atoms with Crippen molar-refractivity contribution in [1.29, 1.82) is 0 Å². The molecule has 2 aromatic rings. The second-order valence-electron chi connectivity index (χ2n) is 4.98. The largest absolute Gasteiger partial charge is 0.480 e. The number of hydrogen-bond donors (Lipinski definition) is 2. The van der Waals surface area contributed by atoms with E-state index in [0.29, 0.717) is 0 Å². The minimum Gasteiger partial charge on any atom is -0.480 e. The summed E-state index contributed by atoms with van der Waals surface area (Å²) in [5.74, 6) is -2.08. The van der Waals surface area contributed by atoms with E-state index in [0.717, 1.165) is 16.3 Å². The third-order valence-corrected chi connectivity index (χ3v) is 3.48. The van der Waals surface area contributed by atoms with E-state index < -0.39 is 11.9 Å². The first-order chi connectivity index (χ1) is 9.97. The third-order valence-electron chi connectivity index (χ3n) is 3.48. The number of carboxylic acids is 2. The minimum absolute atomic E-state index is 0.290. The fourth-order valence-electron chi connectivity index (χ4n) is 2.36. The van der Waals surface area contributed by atoms with Crippen LogP contribution in [0.4, 0.5) is 0 Å². The molecule has 5 nitrogen and oxygen atoms in total. The zero-order valence-electron chi connectivity index (χ0n) is 11.7. The Morgan fingerprint density at radius 3 is 2.14 bits per heavy atom. The van der Waals surface area contributed by atoms with Gasteiger partial charge >= 0.3 is 11.9 Å². The van der Waals surface area contributed by atoms with Crippen molar-refractivity contribution in [2.75, 3.05) is 13.1 Å². The summed E-state index contributed by atoms with van der Waals surface area (Å²) in [7, 11) is 0. The molecule has 2 N–H and O–H groups in total. The number of nitrogens with zero attached hydrogens (tertiary/aromatic N) is 1. The summed E-state index contributed by atoms with van der Waals surface area (Å²) < 4.78 is 0. The molecule has 2 aromatic carbocycles. The van der Waals surface area contributed by atoms with E-state index in [-0.39, 0.29) is 19.1 Å². The quantitative estimate of drug-likeness (QED) is 0.853. The summed E-state index contributed by atoms with van der Waals surface area (Å²) in [6.07, 6.45) is 0. The lowest BCUT2D eigenvalue weighted by molar-refractivity contribution is -0.142. The molecule has 0 bridgehead atoms. The zero-order valence-corrected chi connectivity index (χ0v) is 11.7. The van der Waals surface area contributed by atoms with Gasteiger partial charge in [-0.15, -0.1) is 0 Å². The van der Waals surface area contributed by atoms with Gasteiger partial charge in [-0.1, -0.05) is 36.4 Å². The van der Waals surface area contributed by atoms with Gasteiger partial charge in [-0.2, -0.15) is 0 Å². The first-order valence-corrected chi connectivity index (χ1v) is 6.63. The molecule has 0 aromatic heterocycles. The monoisotopic (exact) mass is 287 g/mol. The second kappa shape index (κ2) is 6.37. The van der Waals surface area contributed by atoms with Crippen LogP contribution in [-0.4, -0.2) is 40.1 Å². The molecule has 0 amide bonds. The summed E-state index contributed by atoms with van der Waals surface area (Å²) in [4.78, 5) is 23.2. The van der Waals surface area contributed by atoms with Gasteiger partial charge in [0.2, 0.25) is 0 Å². The topological polar surface area (TPSA) is 77.8 Å². The summed E-state index contributed by atoms with van der Waals surface area (Å²) in [5.41, 5.74) is 0.899. The third kappa shape index (κ3) is 3.79. The summed E-state index contributed by atoms with van der Waals surface area (Å²) in [6.45, 7) is 1.20. The van der Waals surface area contributed by atoms with Crippen molar-refractivity contribution in [3.8, 4) is 0 Å². The Labute approximate surface area is 122 Å². The van der Waals surface area contributed by atoms with E-state index in [1.54, 1.807) is 0 Å². The molecule has 0 spiro atoms. The Balaban J connectivity index is 2.30. The van der Waals surface area contributed by atoms with E-state index in [9.17, 15) is 9.59 Å². The Morgan fingerprint density at radius 2 is 1.57 bits per heavy atom. The van der Waals surface area contributed by atoms with Crippen LogP contribution >= 0.6 is 0 Å². The summed E-state index contributed by atoms with van der Waals surface area (Å²) in [5, 5.41) is 20.0. The van der Waals surface area contributed by atoms with Gasteiger partial charge < -0.3 is 10.2 Å². The van der Waals surface area contributed by atoms with Crippen molar-refractivity contribution in [2.45, 2.75) is 13.0 Å². The maximum Gasteiger partial charge on any atom is 0.317 e. The van der Waals surface area contributed by atoms with Crippen LogP contribution in [0, 0.1) is 0 Å². The SMILES string of the molecule is CC(c1ccc2ccccc2c1)N(CC(=O)O)CC(=O)O. The van der Waals surface area contributed by atoms with Gasteiger partial charge in [0.15, 0.2) is 0 Å². The lowest BCUT2D eigenvalue weighted by Gasteiger charge is -2.26. The number of rotatable bonds is 6. The average molecular weight is 287 g/mol. The molecule has 5 heteroatoms. The zero-order chi connectivity index (χ0) is 15.4. The standard InChI is InChI=1S/C16H17NO4/c1-11(17(9-15(18)19)10-16(20)21)13-7-6-12-4-2-3-5-14(12)8-13/h2-8,11H,9-10H2,1H3,(H,18,19)(H,20,21). The van der Waals surface area contributed by atoms with E-state index >= 15 is 0 Å². The van der Waals surface area contributed by atoms with Crippen LogP contribution in [0.15, 0.2) is 42.5 Å². The highest BCUT2D eigenvalue weighted by Crippen LogP contribution is 2.24. The van der Waals surface area contributed by atoms with Crippen LogP contribution in [0.5, 0.6) is 0 Å². The van der Waals surface area contributed by atoms with Crippen molar-refractivity contribution in [3.05, 3.63) is 48.0 Å². The number of aliphatic carboxylic acids is 2.